The van der Waals surface area contributed by atoms with E-state index in [2.05, 4.69) is 29.6 Å². The minimum absolute atomic E-state index is 0.736. The molecule has 2 unspecified atom stereocenters. The highest BCUT2D eigenvalue weighted by Gasteiger charge is 2.20. The maximum absolute atomic E-state index is 5.42. The summed E-state index contributed by atoms with van der Waals surface area (Å²) in [5, 5.41) is 3.19. The number of hydrogen-bond donors (Lipinski definition) is 3. The van der Waals surface area contributed by atoms with Gasteiger partial charge in [-0.15, -0.1) is 0 Å². The maximum Gasteiger partial charge on any atom is 0.205 e. The van der Waals surface area contributed by atoms with Gasteiger partial charge in [-0.1, -0.05) is 33.1 Å². The Hall–Kier alpha value is -0.770. The summed E-state index contributed by atoms with van der Waals surface area (Å²) < 4.78 is 0. The summed E-state index contributed by atoms with van der Waals surface area (Å²) in [6, 6.07) is 0. The first-order valence-corrected chi connectivity index (χ1v) is 6.52. The van der Waals surface area contributed by atoms with Crippen LogP contribution in [0.1, 0.15) is 46.0 Å². The summed E-state index contributed by atoms with van der Waals surface area (Å²) in [6.07, 6.45) is 6.50. The van der Waals surface area contributed by atoms with E-state index in [0.717, 1.165) is 37.3 Å². The van der Waals surface area contributed by atoms with Crippen molar-refractivity contribution in [2.45, 2.75) is 46.0 Å². The summed E-state index contributed by atoms with van der Waals surface area (Å²) >= 11 is 0. The Morgan fingerprint density at radius 1 is 1.38 bits per heavy atom. The van der Waals surface area contributed by atoms with Crippen molar-refractivity contribution in [1.82, 2.24) is 10.7 Å². The van der Waals surface area contributed by atoms with Crippen molar-refractivity contribution in [3.05, 3.63) is 0 Å². The Labute approximate surface area is 99.1 Å². The molecule has 1 rings (SSSR count). The smallest absolute Gasteiger partial charge is 0.205 e. The van der Waals surface area contributed by atoms with E-state index in [1.54, 1.807) is 0 Å². The van der Waals surface area contributed by atoms with E-state index in [4.69, 9.17) is 5.84 Å². The summed E-state index contributed by atoms with van der Waals surface area (Å²) in [5.74, 6) is 7.70. The third-order valence-corrected chi connectivity index (χ3v) is 3.45. The molecule has 1 aliphatic carbocycles. The average Bonchev–Trinajstić information content (AvgIpc) is 2.31. The van der Waals surface area contributed by atoms with Crippen molar-refractivity contribution in [1.29, 1.82) is 0 Å². The topological polar surface area (TPSA) is 62.4 Å². The predicted octanol–water partition coefficient (Wildman–Crippen LogP) is 1.63. The number of guanidine groups is 1. The lowest BCUT2D eigenvalue weighted by atomic mass is 9.80. The normalized spacial score (nSPS) is 26.6. The molecule has 0 bridgehead atoms. The van der Waals surface area contributed by atoms with Gasteiger partial charge < -0.3 is 5.32 Å². The second-order valence-electron chi connectivity index (χ2n) is 4.78. The Balaban J connectivity index is 2.35. The van der Waals surface area contributed by atoms with Crippen LogP contribution in [0.5, 0.6) is 0 Å². The van der Waals surface area contributed by atoms with Crippen molar-refractivity contribution in [3.63, 3.8) is 0 Å². The van der Waals surface area contributed by atoms with Crippen LogP contribution >= 0.6 is 0 Å². The second-order valence-corrected chi connectivity index (χ2v) is 4.78. The summed E-state index contributed by atoms with van der Waals surface area (Å²) in [5.41, 5.74) is 2.63. The van der Waals surface area contributed by atoms with E-state index in [9.17, 15) is 0 Å². The Bertz CT molecular complexity index is 215. The maximum atomic E-state index is 5.42. The monoisotopic (exact) mass is 226 g/mol. The average molecular weight is 226 g/mol. The number of aliphatic imine (C=N–C) groups is 1. The van der Waals surface area contributed by atoms with Crippen LogP contribution < -0.4 is 16.6 Å². The fraction of sp³-hybridized carbons (Fsp3) is 0.917. The number of nitrogens with zero attached hydrogens (tertiary/aromatic N) is 1. The predicted molar refractivity (Wildman–Crippen MR) is 69.0 cm³/mol. The van der Waals surface area contributed by atoms with Gasteiger partial charge in [-0.2, -0.15) is 0 Å². The highest BCUT2D eigenvalue weighted by molar-refractivity contribution is 5.79. The van der Waals surface area contributed by atoms with Gasteiger partial charge in [0.1, 0.15) is 0 Å². The van der Waals surface area contributed by atoms with Gasteiger partial charge in [0.05, 0.1) is 0 Å². The van der Waals surface area contributed by atoms with E-state index >= 15 is 0 Å². The molecule has 0 aromatic carbocycles. The minimum atomic E-state index is 0.736. The summed E-state index contributed by atoms with van der Waals surface area (Å²) in [4.78, 5) is 4.52. The van der Waals surface area contributed by atoms with E-state index in [0.29, 0.717) is 0 Å². The molecular weight excluding hydrogens is 200 g/mol. The fourth-order valence-corrected chi connectivity index (χ4v) is 2.27. The quantitative estimate of drug-likeness (QED) is 0.295. The molecule has 16 heavy (non-hydrogen) atoms. The minimum Gasteiger partial charge on any atom is -0.355 e. The highest BCUT2D eigenvalue weighted by Crippen LogP contribution is 2.29. The van der Waals surface area contributed by atoms with Gasteiger partial charge in [-0.05, 0) is 24.7 Å². The Kier molecular flexibility index (Phi) is 6.23. The molecule has 0 spiro atoms. The largest absolute Gasteiger partial charge is 0.355 e. The van der Waals surface area contributed by atoms with Crippen molar-refractivity contribution < 1.29 is 0 Å². The molecule has 4 N–H and O–H groups in total. The molecule has 0 amide bonds. The number of hydrazine groups is 1. The van der Waals surface area contributed by atoms with Crippen molar-refractivity contribution in [2.24, 2.45) is 22.7 Å². The van der Waals surface area contributed by atoms with Crippen LogP contribution in [0.2, 0.25) is 0 Å². The van der Waals surface area contributed by atoms with Gasteiger partial charge in [0.2, 0.25) is 5.96 Å². The molecular formula is C12H26N4. The molecule has 0 aromatic heterocycles. The molecule has 4 heteroatoms. The molecule has 4 nitrogen and oxygen atoms in total. The SMILES string of the molecule is CCCNC(=NCC1CCCCC1C)NN. The molecule has 94 valence electrons. The number of nitrogens with one attached hydrogen (secondary N) is 2. The Morgan fingerprint density at radius 3 is 2.75 bits per heavy atom. The highest BCUT2D eigenvalue weighted by atomic mass is 15.3. The third kappa shape index (κ3) is 4.39. The van der Waals surface area contributed by atoms with Gasteiger partial charge in [-0.3, -0.25) is 10.4 Å². The van der Waals surface area contributed by atoms with E-state index in [1.807, 2.05) is 0 Å². The van der Waals surface area contributed by atoms with Gasteiger partial charge in [0.15, 0.2) is 0 Å². The zero-order valence-electron chi connectivity index (χ0n) is 10.6. The molecule has 1 fully saturated rings. The van der Waals surface area contributed by atoms with Crippen LogP contribution in [0.15, 0.2) is 4.99 Å². The summed E-state index contributed by atoms with van der Waals surface area (Å²) in [6.45, 7) is 6.29. The lowest BCUT2D eigenvalue weighted by Gasteiger charge is -2.27. The van der Waals surface area contributed by atoms with Crippen LogP contribution in [0.4, 0.5) is 0 Å². The number of rotatable bonds is 4. The van der Waals surface area contributed by atoms with Crippen LogP contribution in [0.25, 0.3) is 0 Å². The molecule has 2 atom stereocenters. The first-order chi connectivity index (χ1) is 7.77. The van der Waals surface area contributed by atoms with Crippen molar-refractivity contribution in [3.8, 4) is 0 Å². The second kappa shape index (κ2) is 7.49. The van der Waals surface area contributed by atoms with Crippen LogP contribution in [0.3, 0.4) is 0 Å². The standard InChI is InChI=1S/C12H26N4/c1-3-8-14-12(16-13)15-9-11-7-5-4-6-10(11)2/h10-11H,3-9,13H2,1-2H3,(H2,14,15,16). The zero-order valence-corrected chi connectivity index (χ0v) is 10.6. The van der Waals surface area contributed by atoms with E-state index in [-0.39, 0.29) is 0 Å². The van der Waals surface area contributed by atoms with E-state index < -0.39 is 0 Å². The van der Waals surface area contributed by atoms with Gasteiger partial charge in [0.25, 0.3) is 0 Å². The molecule has 1 aliphatic rings. The lowest BCUT2D eigenvalue weighted by molar-refractivity contribution is 0.263. The first kappa shape index (κ1) is 13.3. The number of hydrogen-bond acceptors (Lipinski definition) is 2. The van der Waals surface area contributed by atoms with E-state index in [1.165, 1.54) is 25.7 Å². The van der Waals surface area contributed by atoms with Gasteiger partial charge in [0, 0.05) is 13.1 Å². The first-order valence-electron chi connectivity index (χ1n) is 6.52. The molecule has 0 saturated heterocycles. The van der Waals surface area contributed by atoms with Crippen LogP contribution in [0, 0.1) is 11.8 Å². The van der Waals surface area contributed by atoms with Crippen LogP contribution in [-0.4, -0.2) is 19.0 Å². The Morgan fingerprint density at radius 2 is 2.12 bits per heavy atom. The van der Waals surface area contributed by atoms with Gasteiger partial charge >= 0.3 is 0 Å². The lowest BCUT2D eigenvalue weighted by Crippen LogP contribution is -2.42. The molecule has 0 radical (unpaired) electrons. The summed E-state index contributed by atoms with van der Waals surface area (Å²) in [7, 11) is 0. The molecule has 1 saturated carbocycles. The molecule has 0 aromatic rings. The third-order valence-electron chi connectivity index (χ3n) is 3.45. The zero-order chi connectivity index (χ0) is 11.8. The molecule has 0 aliphatic heterocycles. The fourth-order valence-electron chi connectivity index (χ4n) is 2.27. The van der Waals surface area contributed by atoms with Crippen molar-refractivity contribution >= 4 is 5.96 Å². The molecule has 0 heterocycles. The van der Waals surface area contributed by atoms with Crippen LogP contribution in [-0.2, 0) is 0 Å². The van der Waals surface area contributed by atoms with Crippen molar-refractivity contribution in [2.75, 3.05) is 13.1 Å². The number of nitrogens with two attached hydrogens (primary N) is 1. The van der Waals surface area contributed by atoms with Gasteiger partial charge in [-0.25, -0.2) is 5.84 Å².